The highest BCUT2D eigenvalue weighted by molar-refractivity contribution is 5.78. The van der Waals surface area contributed by atoms with E-state index in [9.17, 15) is 18.4 Å². The number of carbonyl (C=O) groups excluding carboxylic acids is 2. The lowest BCUT2D eigenvalue weighted by molar-refractivity contribution is -0.166. The van der Waals surface area contributed by atoms with Crippen LogP contribution in [-0.2, 0) is 16.1 Å². The average Bonchev–Trinajstić information content (AvgIpc) is 2.93. The van der Waals surface area contributed by atoms with Crippen molar-refractivity contribution in [3.8, 4) is 0 Å². The maximum atomic E-state index is 12.9. The van der Waals surface area contributed by atoms with Gasteiger partial charge < -0.3 is 9.80 Å². The Hall–Kier alpha value is -1.99. The van der Waals surface area contributed by atoms with E-state index in [2.05, 4.69) is 5.10 Å². The molecular weight excluding hydrogens is 306 g/mol. The van der Waals surface area contributed by atoms with Gasteiger partial charge in [-0.05, 0) is 12.5 Å². The summed E-state index contributed by atoms with van der Waals surface area (Å²) in [7, 11) is 0. The van der Waals surface area contributed by atoms with Gasteiger partial charge in [-0.2, -0.15) is 5.10 Å². The van der Waals surface area contributed by atoms with Gasteiger partial charge in [-0.1, -0.05) is 6.92 Å². The number of halogens is 2. The Balaban J connectivity index is 1.68. The highest BCUT2D eigenvalue weighted by atomic mass is 19.3. The van der Waals surface area contributed by atoms with E-state index < -0.39 is 19.0 Å². The molecule has 126 valence electrons. The molecule has 2 aliphatic rings. The zero-order valence-electron chi connectivity index (χ0n) is 13.0. The second-order valence-corrected chi connectivity index (χ2v) is 6.26. The molecule has 2 amide bonds. The Morgan fingerprint density at radius 2 is 2.04 bits per heavy atom. The van der Waals surface area contributed by atoms with Crippen molar-refractivity contribution >= 4 is 11.8 Å². The van der Waals surface area contributed by atoms with Crippen LogP contribution in [0, 0.1) is 0 Å². The van der Waals surface area contributed by atoms with Crippen LogP contribution < -0.4 is 0 Å². The molecule has 1 unspecified atom stereocenters. The zero-order chi connectivity index (χ0) is 16.6. The normalized spacial score (nSPS) is 22.5. The fourth-order valence-electron chi connectivity index (χ4n) is 3.12. The van der Waals surface area contributed by atoms with Crippen LogP contribution in [0.25, 0.3) is 0 Å². The van der Waals surface area contributed by atoms with Gasteiger partial charge in [-0.3, -0.25) is 14.3 Å². The molecule has 1 atom stereocenters. The maximum Gasteiger partial charge on any atom is 0.282 e. The van der Waals surface area contributed by atoms with E-state index in [1.807, 2.05) is 13.0 Å². The molecule has 3 heterocycles. The third kappa shape index (κ3) is 3.20. The maximum absolute atomic E-state index is 12.9. The molecule has 0 aliphatic carbocycles. The SMILES string of the molecule is CCCC(=O)N1Cc2ccnn2C(CC(=O)N2CC(F)(F)C2)C1. The van der Waals surface area contributed by atoms with E-state index in [1.54, 1.807) is 15.8 Å². The van der Waals surface area contributed by atoms with Crippen molar-refractivity contribution in [1.29, 1.82) is 0 Å². The summed E-state index contributed by atoms with van der Waals surface area (Å²) in [5.74, 6) is -3.03. The van der Waals surface area contributed by atoms with Crippen molar-refractivity contribution in [2.45, 2.75) is 44.7 Å². The van der Waals surface area contributed by atoms with Crippen LogP contribution in [0.1, 0.15) is 37.9 Å². The first-order chi connectivity index (χ1) is 10.9. The number of hydrogen-bond acceptors (Lipinski definition) is 3. The first-order valence-electron chi connectivity index (χ1n) is 7.85. The van der Waals surface area contributed by atoms with E-state index in [4.69, 9.17) is 0 Å². The molecule has 8 heteroatoms. The molecule has 1 fully saturated rings. The number of alkyl halides is 2. The molecular formula is C15H20F2N4O2. The van der Waals surface area contributed by atoms with Crippen LogP contribution in [0.3, 0.4) is 0 Å². The van der Waals surface area contributed by atoms with Gasteiger partial charge >= 0.3 is 0 Å². The summed E-state index contributed by atoms with van der Waals surface area (Å²) in [6.45, 7) is 1.79. The Bertz CT molecular complexity index is 608. The highest BCUT2D eigenvalue weighted by Gasteiger charge is 2.46. The van der Waals surface area contributed by atoms with Crippen molar-refractivity contribution in [1.82, 2.24) is 19.6 Å². The van der Waals surface area contributed by atoms with Crippen LogP contribution in [0.5, 0.6) is 0 Å². The van der Waals surface area contributed by atoms with Crippen molar-refractivity contribution in [3.05, 3.63) is 18.0 Å². The minimum absolute atomic E-state index is 0.0490. The summed E-state index contributed by atoms with van der Waals surface area (Å²) >= 11 is 0. The first-order valence-corrected chi connectivity index (χ1v) is 7.85. The van der Waals surface area contributed by atoms with E-state index in [-0.39, 0.29) is 24.3 Å². The van der Waals surface area contributed by atoms with Crippen LogP contribution in [-0.4, -0.2) is 57.0 Å². The van der Waals surface area contributed by atoms with Gasteiger partial charge in [-0.25, -0.2) is 8.78 Å². The van der Waals surface area contributed by atoms with Gasteiger partial charge in [-0.15, -0.1) is 0 Å². The van der Waals surface area contributed by atoms with Crippen LogP contribution in [0.15, 0.2) is 12.3 Å². The molecule has 0 aromatic carbocycles. The molecule has 1 aromatic rings. The standard InChI is InChI=1S/C15H20F2N4O2/c1-2-3-13(22)19-7-11-4-5-18-21(11)12(8-19)6-14(23)20-9-15(16,17)10-20/h4-5,12H,2-3,6-10H2,1H3. The molecule has 6 nitrogen and oxygen atoms in total. The van der Waals surface area contributed by atoms with Crippen molar-refractivity contribution < 1.29 is 18.4 Å². The van der Waals surface area contributed by atoms with Crippen LogP contribution >= 0.6 is 0 Å². The number of carbonyl (C=O) groups is 2. The minimum atomic E-state index is -2.76. The average molecular weight is 326 g/mol. The predicted octanol–water partition coefficient (Wildman–Crippen LogP) is 1.43. The fourth-order valence-corrected chi connectivity index (χ4v) is 3.12. The summed E-state index contributed by atoms with van der Waals surface area (Å²) in [5.41, 5.74) is 0.868. The third-order valence-corrected chi connectivity index (χ3v) is 4.31. The Morgan fingerprint density at radius 1 is 1.30 bits per heavy atom. The Morgan fingerprint density at radius 3 is 2.70 bits per heavy atom. The van der Waals surface area contributed by atoms with Gasteiger partial charge in [0.1, 0.15) is 0 Å². The second kappa shape index (κ2) is 5.90. The largest absolute Gasteiger partial charge is 0.335 e. The lowest BCUT2D eigenvalue weighted by Crippen LogP contribution is -2.59. The minimum Gasteiger partial charge on any atom is -0.335 e. The van der Waals surface area contributed by atoms with Crippen molar-refractivity contribution in [3.63, 3.8) is 0 Å². The Labute approximate surface area is 133 Å². The van der Waals surface area contributed by atoms with Crippen molar-refractivity contribution in [2.75, 3.05) is 19.6 Å². The van der Waals surface area contributed by atoms with Crippen molar-refractivity contribution in [2.24, 2.45) is 0 Å². The molecule has 1 saturated heterocycles. The Kier molecular flexibility index (Phi) is 4.08. The first kappa shape index (κ1) is 15.9. The zero-order valence-corrected chi connectivity index (χ0v) is 13.0. The summed E-state index contributed by atoms with van der Waals surface area (Å²) in [4.78, 5) is 27.2. The molecule has 0 bridgehead atoms. The molecule has 0 radical (unpaired) electrons. The van der Waals surface area contributed by atoms with E-state index in [0.29, 0.717) is 19.5 Å². The van der Waals surface area contributed by atoms with Crippen LogP contribution in [0.4, 0.5) is 8.78 Å². The van der Waals surface area contributed by atoms with E-state index in [1.165, 1.54) is 0 Å². The highest BCUT2D eigenvalue weighted by Crippen LogP contribution is 2.30. The number of aromatic nitrogens is 2. The molecule has 23 heavy (non-hydrogen) atoms. The van der Waals surface area contributed by atoms with Gasteiger partial charge in [0.15, 0.2) is 0 Å². The lowest BCUT2D eigenvalue weighted by Gasteiger charge is -2.40. The van der Waals surface area contributed by atoms with Gasteiger partial charge in [0.25, 0.3) is 5.92 Å². The summed E-state index contributed by atoms with van der Waals surface area (Å²) in [6.07, 6.45) is 2.95. The fraction of sp³-hybridized carbons (Fsp3) is 0.667. The third-order valence-electron chi connectivity index (χ3n) is 4.31. The number of amides is 2. The molecule has 3 rings (SSSR count). The molecule has 1 aromatic heterocycles. The molecule has 0 saturated carbocycles. The van der Waals surface area contributed by atoms with Gasteiger partial charge in [0.05, 0.1) is 37.8 Å². The summed E-state index contributed by atoms with van der Waals surface area (Å²) in [6, 6.07) is 1.52. The van der Waals surface area contributed by atoms with Gasteiger partial charge in [0, 0.05) is 19.2 Å². The van der Waals surface area contributed by atoms with Gasteiger partial charge in [0.2, 0.25) is 11.8 Å². The monoisotopic (exact) mass is 326 g/mol. The van der Waals surface area contributed by atoms with E-state index >= 15 is 0 Å². The number of nitrogens with zero attached hydrogens (tertiary/aromatic N) is 4. The summed E-state index contributed by atoms with van der Waals surface area (Å²) < 4.78 is 27.6. The summed E-state index contributed by atoms with van der Waals surface area (Å²) in [5, 5.41) is 4.22. The smallest absolute Gasteiger partial charge is 0.282 e. The molecule has 0 N–H and O–H groups in total. The number of hydrogen-bond donors (Lipinski definition) is 0. The quantitative estimate of drug-likeness (QED) is 0.841. The topological polar surface area (TPSA) is 58.4 Å². The number of rotatable bonds is 4. The molecule has 0 spiro atoms. The van der Waals surface area contributed by atoms with Crippen LogP contribution in [0.2, 0.25) is 0 Å². The van der Waals surface area contributed by atoms with E-state index in [0.717, 1.165) is 17.0 Å². The predicted molar refractivity (Wildman–Crippen MR) is 77.7 cm³/mol. The number of likely N-dealkylation sites (tertiary alicyclic amines) is 1. The number of fused-ring (bicyclic) bond motifs is 1. The lowest BCUT2D eigenvalue weighted by atomic mass is 10.1. The molecule has 2 aliphatic heterocycles. The second-order valence-electron chi connectivity index (χ2n) is 6.26.